The lowest BCUT2D eigenvalue weighted by Crippen LogP contribution is -2.69. The lowest BCUT2D eigenvalue weighted by molar-refractivity contribution is 0.188. The van der Waals surface area contributed by atoms with Gasteiger partial charge in [-0.15, -0.1) is 0 Å². The van der Waals surface area contributed by atoms with Crippen molar-refractivity contribution in [1.29, 1.82) is 0 Å². The van der Waals surface area contributed by atoms with Crippen molar-refractivity contribution in [3.63, 3.8) is 0 Å². The van der Waals surface area contributed by atoms with Crippen LogP contribution in [0.3, 0.4) is 0 Å². The fourth-order valence-corrected chi connectivity index (χ4v) is 4.75. The van der Waals surface area contributed by atoms with E-state index < -0.39 is 8.88 Å². The van der Waals surface area contributed by atoms with Crippen molar-refractivity contribution in [3.8, 4) is 0 Å². The molecule has 0 aromatic heterocycles. The monoisotopic (exact) mass is 260 g/mol. The van der Waals surface area contributed by atoms with E-state index in [0.29, 0.717) is 12.0 Å². The van der Waals surface area contributed by atoms with Gasteiger partial charge < -0.3 is 8.85 Å². The van der Waals surface area contributed by atoms with Crippen molar-refractivity contribution >= 4 is 8.88 Å². The van der Waals surface area contributed by atoms with Crippen LogP contribution in [-0.4, -0.2) is 35.7 Å². The van der Waals surface area contributed by atoms with E-state index in [1.807, 2.05) is 0 Å². The molecule has 2 unspecified atom stereocenters. The summed E-state index contributed by atoms with van der Waals surface area (Å²) in [7, 11) is 1.08. The summed E-state index contributed by atoms with van der Waals surface area (Å²) in [5.74, 6) is 0.712. The molecule has 1 aliphatic carbocycles. The number of rotatable bonds is 7. The highest BCUT2D eigenvalue weighted by Gasteiger charge is 2.40. The molecule has 1 aliphatic rings. The van der Waals surface area contributed by atoms with Crippen LogP contribution in [0, 0.1) is 5.92 Å². The number of hydrogen-bond acceptors (Lipinski definition) is 4. The van der Waals surface area contributed by atoms with Crippen LogP contribution in [0.15, 0.2) is 0 Å². The van der Waals surface area contributed by atoms with Gasteiger partial charge in [-0.2, -0.15) is 0 Å². The Morgan fingerprint density at radius 1 is 1.18 bits per heavy atom. The molecule has 1 saturated carbocycles. The SMILES string of the molecule is CCCN[Si](NC1CCCCC1C)(OC)OC. The minimum Gasteiger partial charge on any atom is -0.374 e. The minimum absolute atomic E-state index is 0.527. The fraction of sp³-hybridized carbons (Fsp3) is 1.00. The van der Waals surface area contributed by atoms with Gasteiger partial charge in [0, 0.05) is 20.3 Å². The molecule has 2 atom stereocenters. The van der Waals surface area contributed by atoms with Crippen molar-refractivity contribution in [2.24, 2.45) is 5.92 Å². The molecule has 0 bridgehead atoms. The Bertz CT molecular complexity index is 213. The molecule has 0 aliphatic heterocycles. The van der Waals surface area contributed by atoms with Gasteiger partial charge in [0.05, 0.1) is 0 Å². The van der Waals surface area contributed by atoms with Crippen molar-refractivity contribution in [2.45, 2.75) is 52.0 Å². The van der Waals surface area contributed by atoms with E-state index in [1.165, 1.54) is 25.7 Å². The van der Waals surface area contributed by atoms with Crippen molar-refractivity contribution < 1.29 is 8.85 Å². The van der Waals surface area contributed by atoms with E-state index in [9.17, 15) is 0 Å². The van der Waals surface area contributed by atoms with E-state index in [4.69, 9.17) is 8.85 Å². The highest BCUT2D eigenvalue weighted by molar-refractivity contribution is 6.62. The smallest absolute Gasteiger partial charge is 0.374 e. The lowest BCUT2D eigenvalue weighted by atomic mass is 9.87. The summed E-state index contributed by atoms with van der Waals surface area (Å²) in [4.78, 5) is 7.07. The third-order valence-corrected chi connectivity index (χ3v) is 6.29. The Kier molecular flexibility index (Phi) is 6.65. The molecular formula is C12H28N2O2Si. The summed E-state index contributed by atoms with van der Waals surface area (Å²) < 4.78 is 11.3. The number of hydrogen-bond donors (Lipinski definition) is 2. The molecule has 0 aromatic carbocycles. The molecule has 0 saturated heterocycles. The molecule has 0 radical (unpaired) electrons. The third-order valence-electron chi connectivity index (χ3n) is 3.67. The van der Waals surface area contributed by atoms with E-state index in [-0.39, 0.29) is 0 Å². The summed E-state index contributed by atoms with van der Waals surface area (Å²) in [5.41, 5.74) is 0. The average molecular weight is 260 g/mol. The van der Waals surface area contributed by atoms with Gasteiger partial charge in [0.2, 0.25) is 0 Å². The maximum atomic E-state index is 5.63. The fourth-order valence-electron chi connectivity index (χ4n) is 2.46. The average Bonchev–Trinajstić information content (AvgIpc) is 2.37. The summed E-state index contributed by atoms with van der Waals surface area (Å²) in [6.07, 6.45) is 6.30. The van der Waals surface area contributed by atoms with Crippen LogP contribution >= 0.6 is 0 Å². The zero-order valence-corrected chi connectivity index (χ0v) is 12.7. The second kappa shape index (κ2) is 7.48. The predicted octanol–water partition coefficient (Wildman–Crippen LogP) is 1.88. The molecule has 0 aromatic rings. The van der Waals surface area contributed by atoms with E-state index in [1.54, 1.807) is 14.2 Å². The zero-order chi connectivity index (χ0) is 12.7. The first-order chi connectivity index (χ1) is 8.17. The van der Waals surface area contributed by atoms with Crippen LogP contribution in [0.1, 0.15) is 46.0 Å². The van der Waals surface area contributed by atoms with Gasteiger partial charge in [0.15, 0.2) is 0 Å². The maximum absolute atomic E-state index is 5.63. The van der Waals surface area contributed by atoms with Crippen molar-refractivity contribution in [2.75, 3.05) is 20.8 Å². The van der Waals surface area contributed by atoms with Gasteiger partial charge >= 0.3 is 8.88 Å². The molecule has 1 rings (SSSR count). The highest BCUT2D eigenvalue weighted by Crippen LogP contribution is 2.24. The Morgan fingerprint density at radius 3 is 2.35 bits per heavy atom. The van der Waals surface area contributed by atoms with Crippen LogP contribution in [0.2, 0.25) is 0 Å². The summed E-state index contributed by atoms with van der Waals surface area (Å²) in [5, 5.41) is 0. The van der Waals surface area contributed by atoms with Crippen LogP contribution in [-0.2, 0) is 8.85 Å². The summed E-state index contributed by atoms with van der Waals surface area (Å²) >= 11 is 0. The van der Waals surface area contributed by atoms with Crippen LogP contribution in [0.4, 0.5) is 0 Å². The first-order valence-electron chi connectivity index (χ1n) is 6.80. The van der Waals surface area contributed by atoms with Crippen LogP contribution in [0.5, 0.6) is 0 Å². The zero-order valence-electron chi connectivity index (χ0n) is 11.7. The highest BCUT2D eigenvalue weighted by atomic mass is 28.4. The molecule has 0 amide bonds. The van der Waals surface area contributed by atoms with Crippen LogP contribution in [0.25, 0.3) is 0 Å². The Labute approximate surface area is 107 Å². The van der Waals surface area contributed by atoms with Crippen LogP contribution < -0.4 is 9.96 Å². The minimum atomic E-state index is -2.39. The lowest BCUT2D eigenvalue weighted by Gasteiger charge is -2.37. The van der Waals surface area contributed by atoms with E-state index in [0.717, 1.165) is 13.0 Å². The number of nitrogens with one attached hydrogen (secondary N) is 2. The normalized spacial score (nSPS) is 26.1. The molecular weight excluding hydrogens is 232 g/mol. The second-order valence-electron chi connectivity index (χ2n) is 4.96. The predicted molar refractivity (Wildman–Crippen MR) is 72.6 cm³/mol. The van der Waals surface area contributed by atoms with Gasteiger partial charge in [0.25, 0.3) is 0 Å². The molecule has 4 nitrogen and oxygen atoms in total. The molecule has 17 heavy (non-hydrogen) atoms. The van der Waals surface area contributed by atoms with Crippen molar-refractivity contribution in [3.05, 3.63) is 0 Å². The Hall–Kier alpha value is 0.0569. The molecule has 1 fully saturated rings. The Balaban J connectivity index is 2.57. The van der Waals surface area contributed by atoms with Gasteiger partial charge in [-0.3, -0.25) is 9.96 Å². The quantitative estimate of drug-likeness (QED) is 0.686. The van der Waals surface area contributed by atoms with Crippen molar-refractivity contribution in [1.82, 2.24) is 9.96 Å². The molecule has 2 N–H and O–H groups in total. The van der Waals surface area contributed by atoms with Gasteiger partial charge in [-0.25, -0.2) is 0 Å². The second-order valence-corrected chi connectivity index (χ2v) is 7.66. The topological polar surface area (TPSA) is 42.5 Å². The molecule has 0 heterocycles. The molecule has 102 valence electrons. The summed E-state index contributed by atoms with van der Waals surface area (Å²) in [6.45, 7) is 5.41. The first-order valence-corrected chi connectivity index (χ1v) is 8.62. The van der Waals surface area contributed by atoms with Gasteiger partial charge in [0.1, 0.15) is 0 Å². The molecule has 5 heteroatoms. The third kappa shape index (κ3) is 4.33. The van der Waals surface area contributed by atoms with Gasteiger partial charge in [-0.05, 0) is 31.7 Å². The molecule has 0 spiro atoms. The maximum Gasteiger partial charge on any atom is 0.516 e. The largest absolute Gasteiger partial charge is 0.516 e. The Morgan fingerprint density at radius 2 is 1.82 bits per heavy atom. The van der Waals surface area contributed by atoms with E-state index in [2.05, 4.69) is 23.8 Å². The van der Waals surface area contributed by atoms with Gasteiger partial charge in [-0.1, -0.05) is 26.7 Å². The standard InChI is InChI=1S/C12H28N2O2Si/c1-5-10-13-17(15-3,16-4)14-12-9-7-6-8-11(12)2/h11-14H,5-10H2,1-4H3. The summed E-state index contributed by atoms with van der Waals surface area (Å²) in [6, 6.07) is 0.527. The first kappa shape index (κ1) is 15.1. The van der Waals surface area contributed by atoms with E-state index >= 15 is 0 Å².